The van der Waals surface area contributed by atoms with E-state index in [1.807, 2.05) is 0 Å². The molecule has 1 atom stereocenters. The van der Waals surface area contributed by atoms with Gasteiger partial charge in [0.2, 0.25) is 5.91 Å². The SMILES string of the molecule is O=C([O-])CCN1C(=O)CS[C@H]1c1ccccc1F. The molecule has 96 valence electrons. The van der Waals surface area contributed by atoms with Crippen LogP contribution in [0.3, 0.4) is 0 Å². The first-order chi connectivity index (χ1) is 8.59. The van der Waals surface area contributed by atoms with E-state index in [4.69, 9.17) is 0 Å². The smallest absolute Gasteiger partial charge is 0.233 e. The number of amides is 1. The first kappa shape index (κ1) is 12.9. The van der Waals surface area contributed by atoms with Crippen molar-refractivity contribution < 1.29 is 19.1 Å². The standard InChI is InChI=1S/C12H12FNO3S/c13-9-4-2-1-3-8(9)12-14(6-5-11(16)17)10(15)7-18-12/h1-4,12H,5-7H2,(H,16,17)/p-1/t12-/m0/s1. The molecule has 1 aliphatic rings. The van der Waals surface area contributed by atoms with E-state index in [1.54, 1.807) is 18.2 Å². The van der Waals surface area contributed by atoms with Gasteiger partial charge in [-0.25, -0.2) is 4.39 Å². The highest BCUT2D eigenvalue weighted by atomic mass is 32.2. The Bertz CT molecular complexity index is 480. The molecule has 1 heterocycles. The number of halogens is 1. The zero-order valence-electron chi connectivity index (χ0n) is 9.47. The molecule has 1 aromatic carbocycles. The average Bonchev–Trinajstić information content (AvgIpc) is 2.68. The van der Waals surface area contributed by atoms with Crippen molar-refractivity contribution >= 4 is 23.6 Å². The van der Waals surface area contributed by atoms with Crippen LogP contribution in [0.2, 0.25) is 0 Å². The van der Waals surface area contributed by atoms with E-state index in [9.17, 15) is 19.1 Å². The van der Waals surface area contributed by atoms with E-state index in [0.29, 0.717) is 5.56 Å². The Labute approximate surface area is 108 Å². The van der Waals surface area contributed by atoms with Crippen molar-refractivity contribution in [3.63, 3.8) is 0 Å². The molecule has 18 heavy (non-hydrogen) atoms. The molecule has 1 fully saturated rings. The summed E-state index contributed by atoms with van der Waals surface area (Å²) < 4.78 is 13.7. The number of carbonyl (C=O) groups excluding carboxylic acids is 2. The molecule has 0 radical (unpaired) electrons. The predicted octanol–water partition coefficient (Wildman–Crippen LogP) is 0.540. The molecule has 0 saturated carbocycles. The summed E-state index contributed by atoms with van der Waals surface area (Å²) in [6.45, 7) is 0.0488. The van der Waals surface area contributed by atoms with Gasteiger partial charge in [0.1, 0.15) is 11.2 Å². The van der Waals surface area contributed by atoms with Crippen molar-refractivity contribution in [2.45, 2.75) is 11.8 Å². The van der Waals surface area contributed by atoms with Crippen LogP contribution in [0.15, 0.2) is 24.3 Å². The van der Waals surface area contributed by atoms with Gasteiger partial charge < -0.3 is 14.8 Å². The largest absolute Gasteiger partial charge is 0.550 e. The zero-order chi connectivity index (χ0) is 13.1. The average molecular weight is 268 g/mol. The molecule has 2 rings (SSSR count). The summed E-state index contributed by atoms with van der Waals surface area (Å²) >= 11 is 1.30. The Morgan fingerprint density at radius 3 is 2.89 bits per heavy atom. The van der Waals surface area contributed by atoms with Gasteiger partial charge in [0.15, 0.2) is 0 Å². The Hall–Kier alpha value is -1.56. The molecule has 0 aliphatic carbocycles. The van der Waals surface area contributed by atoms with E-state index < -0.39 is 11.3 Å². The van der Waals surface area contributed by atoms with Crippen LogP contribution in [-0.2, 0) is 9.59 Å². The number of carboxylic acids is 1. The molecular weight excluding hydrogens is 257 g/mol. The van der Waals surface area contributed by atoms with Crippen LogP contribution in [0.5, 0.6) is 0 Å². The molecule has 0 aromatic heterocycles. The van der Waals surface area contributed by atoms with Crippen molar-refractivity contribution in [1.82, 2.24) is 4.90 Å². The second-order valence-electron chi connectivity index (χ2n) is 3.89. The van der Waals surface area contributed by atoms with Crippen LogP contribution in [0.4, 0.5) is 4.39 Å². The van der Waals surface area contributed by atoms with E-state index >= 15 is 0 Å². The Kier molecular flexibility index (Phi) is 3.86. The Morgan fingerprint density at radius 1 is 1.50 bits per heavy atom. The first-order valence-corrected chi connectivity index (χ1v) is 6.50. The van der Waals surface area contributed by atoms with Gasteiger partial charge >= 0.3 is 0 Å². The Morgan fingerprint density at radius 2 is 2.22 bits per heavy atom. The maximum Gasteiger partial charge on any atom is 0.233 e. The third kappa shape index (κ3) is 2.64. The zero-order valence-corrected chi connectivity index (χ0v) is 10.3. The van der Waals surface area contributed by atoms with E-state index in [1.165, 1.54) is 22.7 Å². The molecule has 0 bridgehead atoms. The van der Waals surface area contributed by atoms with Crippen LogP contribution in [-0.4, -0.2) is 29.1 Å². The topological polar surface area (TPSA) is 60.4 Å². The van der Waals surface area contributed by atoms with Crippen molar-refractivity contribution in [3.05, 3.63) is 35.6 Å². The number of carbonyl (C=O) groups is 2. The summed E-state index contributed by atoms with van der Waals surface area (Å²) in [6.07, 6.45) is -0.239. The van der Waals surface area contributed by atoms with Gasteiger partial charge in [0, 0.05) is 24.5 Å². The number of nitrogens with zero attached hydrogens (tertiary/aromatic N) is 1. The number of thioether (sulfide) groups is 1. The second-order valence-corrected chi connectivity index (χ2v) is 4.96. The first-order valence-electron chi connectivity index (χ1n) is 5.45. The number of carboxylic acid groups (broad SMARTS) is 1. The quantitative estimate of drug-likeness (QED) is 0.799. The third-order valence-electron chi connectivity index (χ3n) is 2.70. The fraction of sp³-hybridized carbons (Fsp3) is 0.333. The lowest BCUT2D eigenvalue weighted by Gasteiger charge is -2.24. The lowest BCUT2D eigenvalue weighted by molar-refractivity contribution is -0.305. The molecule has 0 unspecified atom stereocenters. The van der Waals surface area contributed by atoms with E-state index in [-0.39, 0.29) is 30.4 Å². The molecule has 6 heteroatoms. The lowest BCUT2D eigenvalue weighted by atomic mass is 10.2. The molecule has 1 aliphatic heterocycles. The van der Waals surface area contributed by atoms with Crippen LogP contribution in [0, 0.1) is 5.82 Å². The van der Waals surface area contributed by atoms with E-state index in [0.717, 1.165) is 0 Å². The number of benzene rings is 1. The summed E-state index contributed by atoms with van der Waals surface area (Å²) in [5, 5.41) is 10.00. The molecule has 0 N–H and O–H groups in total. The molecular formula is C12H11FNO3S-. The highest BCUT2D eigenvalue weighted by molar-refractivity contribution is 8.00. The summed E-state index contributed by atoms with van der Waals surface area (Å²) in [6, 6.07) is 6.21. The van der Waals surface area contributed by atoms with Gasteiger partial charge in [-0.15, -0.1) is 11.8 Å². The number of hydrogen-bond acceptors (Lipinski definition) is 4. The van der Waals surface area contributed by atoms with E-state index in [2.05, 4.69) is 0 Å². The summed E-state index contributed by atoms with van der Waals surface area (Å²) in [4.78, 5) is 23.5. The van der Waals surface area contributed by atoms with Crippen LogP contribution < -0.4 is 5.11 Å². The van der Waals surface area contributed by atoms with Crippen molar-refractivity contribution in [1.29, 1.82) is 0 Å². The predicted molar refractivity (Wildman–Crippen MR) is 62.9 cm³/mol. The van der Waals surface area contributed by atoms with Crippen LogP contribution >= 0.6 is 11.8 Å². The van der Waals surface area contributed by atoms with Gasteiger partial charge in [-0.05, 0) is 6.07 Å². The monoisotopic (exact) mass is 268 g/mol. The molecule has 1 amide bonds. The molecule has 1 aromatic rings. The molecule has 1 saturated heterocycles. The van der Waals surface area contributed by atoms with Gasteiger partial charge in [0.25, 0.3) is 0 Å². The second kappa shape index (κ2) is 5.39. The normalized spacial score (nSPS) is 19.3. The Balaban J connectivity index is 2.19. The highest BCUT2D eigenvalue weighted by Crippen LogP contribution is 2.39. The maximum absolute atomic E-state index is 13.7. The maximum atomic E-state index is 13.7. The molecule has 0 spiro atoms. The van der Waals surface area contributed by atoms with Gasteiger partial charge in [-0.2, -0.15) is 0 Å². The van der Waals surface area contributed by atoms with Crippen molar-refractivity contribution in [2.24, 2.45) is 0 Å². The van der Waals surface area contributed by atoms with Crippen molar-refractivity contribution in [3.8, 4) is 0 Å². The van der Waals surface area contributed by atoms with Gasteiger partial charge in [-0.1, -0.05) is 18.2 Å². The summed E-state index contributed by atoms with van der Waals surface area (Å²) in [5.74, 6) is -1.53. The minimum absolute atomic E-state index is 0.0488. The summed E-state index contributed by atoms with van der Waals surface area (Å²) in [5.41, 5.74) is 0.409. The number of aliphatic carboxylic acids is 1. The lowest BCUT2D eigenvalue weighted by Crippen LogP contribution is -2.34. The number of hydrogen-bond donors (Lipinski definition) is 0. The molecule has 4 nitrogen and oxygen atoms in total. The fourth-order valence-electron chi connectivity index (χ4n) is 1.84. The van der Waals surface area contributed by atoms with Crippen molar-refractivity contribution in [2.75, 3.05) is 12.3 Å². The van der Waals surface area contributed by atoms with Gasteiger partial charge in [0.05, 0.1) is 5.75 Å². The fourth-order valence-corrected chi connectivity index (χ4v) is 3.08. The summed E-state index contributed by atoms with van der Waals surface area (Å²) in [7, 11) is 0. The van der Waals surface area contributed by atoms with Crippen LogP contribution in [0.1, 0.15) is 17.4 Å². The van der Waals surface area contributed by atoms with Gasteiger partial charge in [-0.3, -0.25) is 4.79 Å². The highest BCUT2D eigenvalue weighted by Gasteiger charge is 2.33. The minimum atomic E-state index is -1.22. The minimum Gasteiger partial charge on any atom is -0.550 e. The number of rotatable bonds is 4. The third-order valence-corrected chi connectivity index (χ3v) is 3.93. The van der Waals surface area contributed by atoms with Crippen LogP contribution in [0.25, 0.3) is 0 Å².